The zero-order chi connectivity index (χ0) is 22.1. The Labute approximate surface area is 185 Å². The molecule has 0 aliphatic carbocycles. The van der Waals surface area contributed by atoms with Crippen molar-refractivity contribution in [3.05, 3.63) is 59.8 Å². The Morgan fingerprint density at radius 3 is 2.42 bits per heavy atom. The van der Waals surface area contributed by atoms with Gasteiger partial charge in [-0.15, -0.1) is 0 Å². The molecular formula is C26H34N2O3. The van der Waals surface area contributed by atoms with Crippen molar-refractivity contribution in [2.75, 3.05) is 20.7 Å². The van der Waals surface area contributed by atoms with Gasteiger partial charge in [0.25, 0.3) is 0 Å². The maximum atomic E-state index is 11.4. The molecule has 5 nitrogen and oxygen atoms in total. The number of aromatic nitrogens is 1. The summed E-state index contributed by atoms with van der Waals surface area (Å²) < 4.78 is 7.48. The van der Waals surface area contributed by atoms with Gasteiger partial charge in [0.1, 0.15) is 11.5 Å². The molecule has 0 atom stereocenters. The van der Waals surface area contributed by atoms with E-state index in [2.05, 4.69) is 16.5 Å². The first kappa shape index (κ1) is 22.9. The molecule has 0 saturated heterocycles. The minimum Gasteiger partial charge on any atom is -0.508 e. The van der Waals surface area contributed by atoms with Crippen molar-refractivity contribution in [2.24, 2.45) is 0 Å². The van der Waals surface area contributed by atoms with Crippen molar-refractivity contribution in [1.29, 1.82) is 0 Å². The molecule has 31 heavy (non-hydrogen) atoms. The molecule has 1 aromatic heterocycles. The molecule has 0 bridgehead atoms. The maximum absolute atomic E-state index is 11.4. The Balaban J connectivity index is 1.32. The average Bonchev–Trinajstić information content (AvgIpc) is 3.14. The Bertz CT molecular complexity index is 963. The number of ether oxygens (including phenoxy) is 1. The average molecular weight is 423 g/mol. The number of rotatable bonds is 13. The van der Waals surface area contributed by atoms with E-state index in [1.807, 2.05) is 36.5 Å². The lowest BCUT2D eigenvalue weighted by molar-refractivity contribution is 0.112. The van der Waals surface area contributed by atoms with Crippen LogP contribution in [0.1, 0.15) is 54.4 Å². The highest BCUT2D eigenvalue weighted by atomic mass is 16.5. The van der Waals surface area contributed by atoms with E-state index < -0.39 is 0 Å². The number of phenols is 1. The molecule has 0 fully saturated rings. The number of nitrogens with zero attached hydrogens (tertiary/aromatic N) is 2. The molecule has 0 aliphatic rings. The van der Waals surface area contributed by atoms with Crippen LogP contribution in [-0.2, 0) is 13.1 Å². The summed E-state index contributed by atoms with van der Waals surface area (Å²) in [6.07, 6.45) is 10.2. The molecule has 2 aromatic carbocycles. The van der Waals surface area contributed by atoms with Gasteiger partial charge in [-0.05, 0) is 62.3 Å². The normalized spacial score (nSPS) is 11.3. The zero-order valence-corrected chi connectivity index (χ0v) is 18.7. The Hall–Kier alpha value is -2.79. The van der Waals surface area contributed by atoms with E-state index in [0.29, 0.717) is 5.75 Å². The SMILES string of the molecule is COc1ccc2c(c1)c(C=O)cn2CCCCCCCCN(C)Cc1ccc(O)cc1. The number of fused-ring (bicyclic) bond motifs is 1. The maximum Gasteiger partial charge on any atom is 0.152 e. The summed E-state index contributed by atoms with van der Waals surface area (Å²) in [7, 11) is 3.80. The second-order valence-electron chi connectivity index (χ2n) is 8.30. The van der Waals surface area contributed by atoms with E-state index >= 15 is 0 Å². The standard InChI is InChI=1S/C26H34N2O3/c1-27(18-21-9-11-23(30)12-10-21)15-7-5-3-4-6-8-16-28-19-22(20-29)25-17-24(31-2)13-14-26(25)28/h9-14,17,19-20,30H,3-8,15-16,18H2,1-2H3. The van der Waals surface area contributed by atoms with E-state index in [0.717, 1.165) is 54.6 Å². The predicted molar refractivity (Wildman–Crippen MR) is 126 cm³/mol. The molecule has 1 heterocycles. The van der Waals surface area contributed by atoms with E-state index in [9.17, 15) is 9.90 Å². The molecule has 0 radical (unpaired) electrons. The van der Waals surface area contributed by atoms with Crippen LogP contribution in [0.15, 0.2) is 48.7 Å². The molecule has 166 valence electrons. The monoisotopic (exact) mass is 422 g/mol. The molecule has 0 amide bonds. The molecule has 0 aliphatic heterocycles. The quantitative estimate of drug-likeness (QED) is 0.286. The highest BCUT2D eigenvalue weighted by Gasteiger charge is 2.09. The molecule has 3 rings (SSSR count). The van der Waals surface area contributed by atoms with Crippen LogP contribution in [0.5, 0.6) is 11.5 Å². The van der Waals surface area contributed by atoms with Crippen LogP contribution in [0.3, 0.4) is 0 Å². The minimum atomic E-state index is 0.320. The lowest BCUT2D eigenvalue weighted by atomic mass is 10.1. The number of carbonyl (C=O) groups is 1. The van der Waals surface area contributed by atoms with Crippen LogP contribution in [0, 0.1) is 0 Å². The van der Waals surface area contributed by atoms with Gasteiger partial charge in [0.15, 0.2) is 6.29 Å². The van der Waals surface area contributed by atoms with Crippen LogP contribution in [0.2, 0.25) is 0 Å². The van der Waals surface area contributed by atoms with Crippen molar-refractivity contribution in [1.82, 2.24) is 9.47 Å². The molecule has 0 spiro atoms. The summed E-state index contributed by atoms with van der Waals surface area (Å²) in [6, 6.07) is 13.4. The Kier molecular flexibility index (Phi) is 8.53. The summed E-state index contributed by atoms with van der Waals surface area (Å²) in [6.45, 7) is 2.94. The van der Waals surface area contributed by atoms with Gasteiger partial charge in [-0.2, -0.15) is 0 Å². The smallest absolute Gasteiger partial charge is 0.152 e. The number of hydrogen-bond donors (Lipinski definition) is 1. The lowest BCUT2D eigenvalue weighted by Gasteiger charge is -2.16. The lowest BCUT2D eigenvalue weighted by Crippen LogP contribution is -2.18. The highest BCUT2D eigenvalue weighted by Crippen LogP contribution is 2.25. The number of carbonyl (C=O) groups excluding carboxylic acids is 1. The molecule has 5 heteroatoms. The van der Waals surface area contributed by atoms with E-state index in [-0.39, 0.29) is 0 Å². The fourth-order valence-electron chi connectivity index (χ4n) is 4.07. The third-order valence-corrected chi connectivity index (χ3v) is 5.82. The number of aromatic hydroxyl groups is 1. The van der Waals surface area contributed by atoms with Crippen molar-refractivity contribution in [3.8, 4) is 11.5 Å². The summed E-state index contributed by atoms with van der Waals surface area (Å²) in [4.78, 5) is 13.7. The van der Waals surface area contributed by atoms with E-state index in [1.54, 1.807) is 19.2 Å². The zero-order valence-electron chi connectivity index (χ0n) is 18.7. The van der Waals surface area contributed by atoms with Gasteiger partial charge in [-0.3, -0.25) is 4.79 Å². The summed E-state index contributed by atoms with van der Waals surface area (Å²) in [5.41, 5.74) is 3.05. The van der Waals surface area contributed by atoms with Crippen LogP contribution < -0.4 is 4.74 Å². The van der Waals surface area contributed by atoms with Crippen LogP contribution in [0.25, 0.3) is 10.9 Å². The first-order chi connectivity index (χ1) is 15.1. The summed E-state index contributed by atoms with van der Waals surface area (Å²) >= 11 is 0. The number of phenolic OH excluding ortho intramolecular Hbond substituents is 1. The number of methoxy groups -OCH3 is 1. The fourth-order valence-corrected chi connectivity index (χ4v) is 4.07. The first-order valence-electron chi connectivity index (χ1n) is 11.2. The number of hydrogen-bond acceptors (Lipinski definition) is 4. The van der Waals surface area contributed by atoms with Crippen molar-refractivity contribution >= 4 is 17.2 Å². The molecular weight excluding hydrogens is 388 g/mol. The van der Waals surface area contributed by atoms with Gasteiger partial charge < -0.3 is 19.3 Å². The number of aryl methyl sites for hydroxylation is 1. The minimum absolute atomic E-state index is 0.320. The van der Waals surface area contributed by atoms with Crippen LogP contribution in [0.4, 0.5) is 0 Å². The van der Waals surface area contributed by atoms with Crippen LogP contribution >= 0.6 is 0 Å². The van der Waals surface area contributed by atoms with Gasteiger partial charge in [0.2, 0.25) is 0 Å². The van der Waals surface area contributed by atoms with Gasteiger partial charge >= 0.3 is 0 Å². The fraction of sp³-hybridized carbons (Fsp3) is 0.423. The predicted octanol–water partition coefficient (Wildman–Crippen LogP) is 5.64. The summed E-state index contributed by atoms with van der Waals surface area (Å²) in [5.74, 6) is 1.10. The third kappa shape index (κ3) is 6.59. The number of aldehydes is 1. The van der Waals surface area contributed by atoms with Gasteiger partial charge in [-0.1, -0.05) is 37.8 Å². The van der Waals surface area contributed by atoms with Crippen LogP contribution in [-0.4, -0.2) is 41.6 Å². The molecule has 0 unspecified atom stereocenters. The third-order valence-electron chi connectivity index (χ3n) is 5.82. The van der Waals surface area contributed by atoms with E-state index in [1.165, 1.54) is 37.7 Å². The molecule has 1 N–H and O–H groups in total. The van der Waals surface area contributed by atoms with Gasteiger partial charge in [-0.25, -0.2) is 0 Å². The van der Waals surface area contributed by atoms with Crippen molar-refractivity contribution in [3.63, 3.8) is 0 Å². The molecule has 3 aromatic rings. The second-order valence-corrected chi connectivity index (χ2v) is 8.30. The van der Waals surface area contributed by atoms with Crippen molar-refractivity contribution < 1.29 is 14.6 Å². The highest BCUT2D eigenvalue weighted by molar-refractivity contribution is 5.98. The Morgan fingerprint density at radius 1 is 1.00 bits per heavy atom. The number of benzene rings is 2. The first-order valence-corrected chi connectivity index (χ1v) is 11.2. The Morgan fingerprint density at radius 2 is 1.71 bits per heavy atom. The van der Waals surface area contributed by atoms with Crippen molar-refractivity contribution in [2.45, 2.75) is 51.6 Å². The van der Waals surface area contributed by atoms with Gasteiger partial charge in [0, 0.05) is 35.8 Å². The van der Waals surface area contributed by atoms with Gasteiger partial charge in [0.05, 0.1) is 7.11 Å². The topological polar surface area (TPSA) is 54.7 Å². The summed E-state index contributed by atoms with van der Waals surface area (Å²) in [5, 5.41) is 10.3. The largest absolute Gasteiger partial charge is 0.508 e. The molecule has 0 saturated carbocycles. The van der Waals surface area contributed by atoms with E-state index in [4.69, 9.17) is 4.74 Å². The second kappa shape index (κ2) is 11.6. The number of unbranched alkanes of at least 4 members (excludes halogenated alkanes) is 5.